The Kier molecular flexibility index (Phi) is 7.26. The van der Waals surface area contributed by atoms with Crippen molar-refractivity contribution in [1.29, 1.82) is 0 Å². The number of piperazine rings is 1. The molecule has 0 radical (unpaired) electrons. The Morgan fingerprint density at radius 2 is 1.86 bits per heavy atom. The van der Waals surface area contributed by atoms with Gasteiger partial charge >= 0.3 is 0 Å². The first-order chi connectivity index (χ1) is 13.3. The molecule has 1 aliphatic heterocycles. The number of hydrogen-bond donors (Lipinski definition) is 1. The highest BCUT2D eigenvalue weighted by Crippen LogP contribution is 2.18. The van der Waals surface area contributed by atoms with Crippen molar-refractivity contribution in [1.82, 2.24) is 19.4 Å². The minimum Gasteiger partial charge on any atom is -0.370 e. The van der Waals surface area contributed by atoms with Gasteiger partial charge in [-0.3, -0.25) is 0 Å². The van der Waals surface area contributed by atoms with E-state index in [0.29, 0.717) is 12.5 Å². The topological polar surface area (TPSA) is 75.6 Å². The number of aliphatic imine (C=N–C) groups is 1. The standard InChI is InChI=1S/C19H23N7S.HI/c20-18(24-9-11-25(12-10-24)19-22-7-13-27-19)23-14-17-21-6-8-26(17)15-16-4-2-1-3-5-16;/h1-8,13H,9-12,14-15H2,(H2,20,23);1H. The molecule has 0 bridgehead atoms. The Morgan fingerprint density at radius 1 is 1.07 bits per heavy atom. The summed E-state index contributed by atoms with van der Waals surface area (Å²) in [6, 6.07) is 10.4. The van der Waals surface area contributed by atoms with Gasteiger partial charge in [0.25, 0.3) is 0 Å². The molecular formula is C19H24IN7S. The normalized spacial score (nSPS) is 14.8. The first-order valence-electron chi connectivity index (χ1n) is 9.03. The Labute approximate surface area is 185 Å². The van der Waals surface area contributed by atoms with E-state index >= 15 is 0 Å². The Balaban J connectivity index is 0.00000225. The van der Waals surface area contributed by atoms with E-state index < -0.39 is 0 Å². The summed E-state index contributed by atoms with van der Waals surface area (Å²) in [4.78, 5) is 17.8. The van der Waals surface area contributed by atoms with Gasteiger partial charge in [0, 0.05) is 56.7 Å². The Hall–Kier alpha value is -2.14. The molecule has 2 aromatic heterocycles. The zero-order chi connectivity index (χ0) is 18.5. The van der Waals surface area contributed by atoms with Crippen LogP contribution in [0.25, 0.3) is 0 Å². The lowest BCUT2D eigenvalue weighted by atomic mass is 10.2. The van der Waals surface area contributed by atoms with Crippen molar-refractivity contribution in [3.05, 3.63) is 65.7 Å². The summed E-state index contributed by atoms with van der Waals surface area (Å²) in [5.41, 5.74) is 7.48. The summed E-state index contributed by atoms with van der Waals surface area (Å²) in [6.45, 7) is 4.80. The molecule has 2 N–H and O–H groups in total. The monoisotopic (exact) mass is 509 g/mol. The average molecular weight is 509 g/mol. The van der Waals surface area contributed by atoms with Gasteiger partial charge in [0.1, 0.15) is 12.4 Å². The van der Waals surface area contributed by atoms with E-state index in [0.717, 1.165) is 43.7 Å². The van der Waals surface area contributed by atoms with Crippen LogP contribution in [0.15, 0.2) is 59.3 Å². The second-order valence-electron chi connectivity index (χ2n) is 6.42. The maximum absolute atomic E-state index is 6.24. The van der Waals surface area contributed by atoms with Gasteiger partial charge in [-0.05, 0) is 5.56 Å². The Morgan fingerprint density at radius 3 is 2.57 bits per heavy atom. The predicted octanol–water partition coefficient (Wildman–Crippen LogP) is 2.64. The summed E-state index contributed by atoms with van der Waals surface area (Å²) in [5.74, 6) is 1.51. The summed E-state index contributed by atoms with van der Waals surface area (Å²) < 4.78 is 2.12. The molecule has 0 atom stereocenters. The van der Waals surface area contributed by atoms with Crippen LogP contribution in [0, 0.1) is 0 Å². The number of anilines is 1. The number of thiazole rings is 1. The molecule has 3 heterocycles. The maximum Gasteiger partial charge on any atom is 0.191 e. The zero-order valence-corrected chi connectivity index (χ0v) is 18.7. The summed E-state index contributed by atoms with van der Waals surface area (Å²) in [5, 5.41) is 3.09. The lowest BCUT2D eigenvalue weighted by Crippen LogP contribution is -2.51. The molecule has 1 aromatic carbocycles. The van der Waals surface area contributed by atoms with Crippen LogP contribution in [0.3, 0.4) is 0 Å². The minimum atomic E-state index is 0. The second-order valence-corrected chi connectivity index (χ2v) is 7.29. The molecule has 0 amide bonds. The van der Waals surface area contributed by atoms with Gasteiger partial charge in [0.15, 0.2) is 11.1 Å². The molecule has 9 heteroatoms. The van der Waals surface area contributed by atoms with Crippen molar-refractivity contribution < 1.29 is 0 Å². The van der Waals surface area contributed by atoms with Gasteiger partial charge in [-0.1, -0.05) is 30.3 Å². The fourth-order valence-electron chi connectivity index (χ4n) is 3.17. The fourth-order valence-corrected chi connectivity index (χ4v) is 3.86. The first-order valence-corrected chi connectivity index (χ1v) is 9.91. The number of rotatable bonds is 5. The first kappa shape index (κ1) is 20.6. The van der Waals surface area contributed by atoms with E-state index in [1.165, 1.54) is 5.56 Å². The number of benzene rings is 1. The molecule has 4 rings (SSSR count). The number of aromatic nitrogens is 3. The number of nitrogens with two attached hydrogens (primary N) is 1. The van der Waals surface area contributed by atoms with Gasteiger partial charge in [-0.2, -0.15) is 0 Å². The van der Waals surface area contributed by atoms with E-state index in [-0.39, 0.29) is 24.0 Å². The molecule has 0 aliphatic carbocycles. The van der Waals surface area contributed by atoms with Crippen LogP contribution < -0.4 is 10.6 Å². The maximum atomic E-state index is 6.24. The van der Waals surface area contributed by atoms with Gasteiger partial charge in [-0.25, -0.2) is 15.0 Å². The number of hydrogen-bond acceptors (Lipinski definition) is 5. The number of nitrogens with zero attached hydrogens (tertiary/aromatic N) is 6. The highest BCUT2D eigenvalue weighted by atomic mass is 127. The van der Waals surface area contributed by atoms with Crippen molar-refractivity contribution in [2.45, 2.75) is 13.1 Å². The van der Waals surface area contributed by atoms with E-state index in [9.17, 15) is 0 Å². The van der Waals surface area contributed by atoms with Gasteiger partial charge in [0.2, 0.25) is 0 Å². The third-order valence-corrected chi connectivity index (χ3v) is 5.51. The largest absolute Gasteiger partial charge is 0.370 e. The lowest BCUT2D eigenvalue weighted by Gasteiger charge is -2.35. The second kappa shape index (κ2) is 9.87. The molecule has 0 saturated carbocycles. The van der Waals surface area contributed by atoms with E-state index in [1.807, 2.05) is 42.2 Å². The molecule has 1 aliphatic rings. The van der Waals surface area contributed by atoms with E-state index in [2.05, 4.69) is 41.5 Å². The molecule has 0 spiro atoms. The van der Waals surface area contributed by atoms with Crippen molar-refractivity contribution in [3.63, 3.8) is 0 Å². The van der Waals surface area contributed by atoms with E-state index in [1.54, 1.807) is 11.3 Å². The lowest BCUT2D eigenvalue weighted by molar-refractivity contribution is 0.380. The SMILES string of the molecule is I.NC(=NCc1nccn1Cc1ccccc1)N1CCN(c2nccs2)CC1. The van der Waals surface area contributed by atoms with Gasteiger partial charge in [0.05, 0.1) is 0 Å². The molecule has 1 saturated heterocycles. The number of imidazole rings is 1. The summed E-state index contributed by atoms with van der Waals surface area (Å²) in [7, 11) is 0. The van der Waals surface area contributed by atoms with Gasteiger partial charge < -0.3 is 20.1 Å². The third-order valence-electron chi connectivity index (χ3n) is 4.67. The highest BCUT2D eigenvalue weighted by molar-refractivity contribution is 14.0. The number of guanidine groups is 1. The van der Waals surface area contributed by atoms with Crippen LogP contribution in [-0.2, 0) is 13.1 Å². The summed E-state index contributed by atoms with van der Waals surface area (Å²) >= 11 is 1.67. The van der Waals surface area contributed by atoms with Gasteiger partial charge in [-0.15, -0.1) is 35.3 Å². The van der Waals surface area contributed by atoms with Crippen molar-refractivity contribution in [2.75, 3.05) is 31.1 Å². The molecular weight excluding hydrogens is 485 g/mol. The molecule has 0 unspecified atom stereocenters. The van der Waals surface area contributed by atoms with Crippen LogP contribution >= 0.6 is 35.3 Å². The predicted molar refractivity (Wildman–Crippen MR) is 124 cm³/mol. The van der Waals surface area contributed by atoms with Crippen LogP contribution in [0.1, 0.15) is 11.4 Å². The van der Waals surface area contributed by atoms with Crippen molar-refractivity contribution >= 4 is 46.4 Å². The zero-order valence-electron chi connectivity index (χ0n) is 15.5. The van der Waals surface area contributed by atoms with Crippen LogP contribution in [-0.4, -0.2) is 51.6 Å². The van der Waals surface area contributed by atoms with Crippen LogP contribution in [0.2, 0.25) is 0 Å². The van der Waals surface area contributed by atoms with Crippen molar-refractivity contribution in [2.24, 2.45) is 10.7 Å². The highest BCUT2D eigenvalue weighted by Gasteiger charge is 2.19. The summed E-state index contributed by atoms with van der Waals surface area (Å²) in [6.07, 6.45) is 5.65. The quantitative estimate of drug-likeness (QED) is 0.325. The Bertz CT molecular complexity index is 871. The third kappa shape index (κ3) is 5.02. The number of halogens is 1. The molecule has 7 nitrogen and oxygen atoms in total. The van der Waals surface area contributed by atoms with Crippen LogP contribution in [0.4, 0.5) is 5.13 Å². The molecule has 3 aromatic rings. The van der Waals surface area contributed by atoms with E-state index in [4.69, 9.17) is 5.73 Å². The van der Waals surface area contributed by atoms with Crippen LogP contribution in [0.5, 0.6) is 0 Å². The molecule has 1 fully saturated rings. The fraction of sp³-hybridized carbons (Fsp3) is 0.316. The minimum absolute atomic E-state index is 0. The average Bonchev–Trinajstić information content (AvgIpc) is 3.39. The van der Waals surface area contributed by atoms with Crippen molar-refractivity contribution in [3.8, 4) is 0 Å². The molecule has 28 heavy (non-hydrogen) atoms. The smallest absolute Gasteiger partial charge is 0.191 e. The molecule has 148 valence electrons.